The van der Waals surface area contributed by atoms with E-state index in [4.69, 9.17) is 15.2 Å². The van der Waals surface area contributed by atoms with E-state index < -0.39 is 5.97 Å². The summed E-state index contributed by atoms with van der Waals surface area (Å²) in [6.45, 7) is 3.72. The number of nitrogens with two attached hydrogens (primary N) is 1. The van der Waals surface area contributed by atoms with Crippen LogP contribution in [0.3, 0.4) is 0 Å². The molecule has 1 aromatic rings. The van der Waals surface area contributed by atoms with Crippen LogP contribution in [0.15, 0.2) is 18.2 Å². The van der Waals surface area contributed by atoms with Gasteiger partial charge < -0.3 is 19.9 Å². The Hall–Kier alpha value is -1.75. The smallest absolute Gasteiger partial charge is 0.341 e. The van der Waals surface area contributed by atoms with Gasteiger partial charge in [0.05, 0.1) is 13.7 Å². The minimum atomic E-state index is -0.435. The first-order valence-corrected chi connectivity index (χ1v) is 5.87. The monoisotopic (exact) mass is 253 g/mol. The van der Waals surface area contributed by atoms with Crippen LogP contribution in [0.1, 0.15) is 23.7 Å². The van der Waals surface area contributed by atoms with Gasteiger partial charge in [-0.1, -0.05) is 0 Å². The summed E-state index contributed by atoms with van der Waals surface area (Å²) >= 11 is 0. The summed E-state index contributed by atoms with van der Waals surface area (Å²) in [5.74, 6) is 0.00755. The largest absolute Gasteiger partial charge is 0.493 e. The Morgan fingerprint density at radius 3 is 2.78 bits per heavy atom. The zero-order valence-corrected chi connectivity index (χ0v) is 10.8. The summed E-state index contributed by atoms with van der Waals surface area (Å²) in [6.07, 6.45) is 0.753. The molecule has 5 heteroatoms. The first-order valence-electron chi connectivity index (χ1n) is 5.87. The number of hydrogen-bond acceptors (Lipinski definition) is 5. The van der Waals surface area contributed by atoms with Gasteiger partial charge >= 0.3 is 5.97 Å². The van der Waals surface area contributed by atoms with Crippen molar-refractivity contribution in [2.45, 2.75) is 13.3 Å². The van der Waals surface area contributed by atoms with Crippen molar-refractivity contribution in [2.24, 2.45) is 0 Å². The van der Waals surface area contributed by atoms with Crippen molar-refractivity contribution in [2.75, 3.05) is 32.7 Å². The van der Waals surface area contributed by atoms with Crippen molar-refractivity contribution in [3.05, 3.63) is 23.8 Å². The van der Waals surface area contributed by atoms with Gasteiger partial charge in [0.2, 0.25) is 0 Å². The van der Waals surface area contributed by atoms with Crippen molar-refractivity contribution in [3.8, 4) is 5.75 Å². The summed E-state index contributed by atoms with van der Waals surface area (Å²) in [7, 11) is 1.33. The van der Waals surface area contributed by atoms with Crippen molar-refractivity contribution >= 4 is 11.7 Å². The quantitative estimate of drug-likeness (QED) is 0.456. The lowest BCUT2D eigenvalue weighted by Crippen LogP contribution is -2.08. The first-order chi connectivity index (χ1) is 8.69. The summed E-state index contributed by atoms with van der Waals surface area (Å²) in [4.78, 5) is 11.5. The van der Waals surface area contributed by atoms with E-state index in [-0.39, 0.29) is 0 Å². The molecule has 2 N–H and O–H groups in total. The minimum Gasteiger partial charge on any atom is -0.493 e. The molecule has 0 bridgehead atoms. The van der Waals surface area contributed by atoms with E-state index in [0.29, 0.717) is 36.8 Å². The molecule has 0 saturated heterocycles. The highest BCUT2D eigenvalue weighted by atomic mass is 16.5. The number of ether oxygens (including phenoxy) is 3. The average Bonchev–Trinajstić information content (AvgIpc) is 2.38. The van der Waals surface area contributed by atoms with Gasteiger partial charge in [0.25, 0.3) is 0 Å². The molecule has 0 atom stereocenters. The molecular weight excluding hydrogens is 234 g/mol. The lowest BCUT2D eigenvalue weighted by atomic mass is 10.2. The highest BCUT2D eigenvalue weighted by Gasteiger charge is 2.13. The number of rotatable bonds is 7. The molecule has 0 aliphatic heterocycles. The van der Waals surface area contributed by atoms with Crippen molar-refractivity contribution in [1.82, 2.24) is 0 Å². The SMILES string of the molecule is CCOCCCOc1cc(N)ccc1C(=O)OC. The van der Waals surface area contributed by atoms with E-state index in [9.17, 15) is 4.79 Å². The number of nitrogen functional groups attached to an aromatic ring is 1. The van der Waals surface area contributed by atoms with Crippen LogP contribution in [0.2, 0.25) is 0 Å². The van der Waals surface area contributed by atoms with Crippen LogP contribution < -0.4 is 10.5 Å². The van der Waals surface area contributed by atoms with E-state index in [1.165, 1.54) is 7.11 Å². The highest BCUT2D eigenvalue weighted by Crippen LogP contribution is 2.22. The van der Waals surface area contributed by atoms with E-state index in [2.05, 4.69) is 4.74 Å². The fourth-order valence-corrected chi connectivity index (χ4v) is 1.42. The van der Waals surface area contributed by atoms with Crippen LogP contribution in [0, 0.1) is 0 Å². The zero-order chi connectivity index (χ0) is 13.4. The van der Waals surface area contributed by atoms with Gasteiger partial charge in [0, 0.05) is 31.4 Å². The Morgan fingerprint density at radius 1 is 1.33 bits per heavy atom. The number of carbonyl (C=O) groups is 1. The number of benzene rings is 1. The Labute approximate surface area is 107 Å². The van der Waals surface area contributed by atoms with Crippen LogP contribution in [0.4, 0.5) is 5.69 Å². The molecule has 18 heavy (non-hydrogen) atoms. The van der Waals surface area contributed by atoms with E-state index in [1.54, 1.807) is 18.2 Å². The topological polar surface area (TPSA) is 70.8 Å². The molecule has 0 aromatic heterocycles. The fourth-order valence-electron chi connectivity index (χ4n) is 1.42. The number of hydrogen-bond donors (Lipinski definition) is 1. The normalized spacial score (nSPS) is 10.1. The first kappa shape index (κ1) is 14.3. The maximum atomic E-state index is 11.5. The number of esters is 1. The second-order valence-corrected chi connectivity index (χ2v) is 3.65. The average molecular weight is 253 g/mol. The van der Waals surface area contributed by atoms with Gasteiger partial charge in [-0.15, -0.1) is 0 Å². The highest BCUT2D eigenvalue weighted by molar-refractivity contribution is 5.93. The fraction of sp³-hybridized carbons (Fsp3) is 0.462. The van der Waals surface area contributed by atoms with Crippen molar-refractivity contribution in [3.63, 3.8) is 0 Å². The second kappa shape index (κ2) is 7.55. The number of anilines is 1. The standard InChI is InChI=1S/C13H19NO4/c1-3-17-7-4-8-18-12-9-10(14)5-6-11(12)13(15)16-2/h5-6,9H,3-4,7-8,14H2,1-2H3. The molecule has 0 heterocycles. The number of methoxy groups -OCH3 is 1. The van der Waals surface area contributed by atoms with Crippen LogP contribution in [-0.2, 0) is 9.47 Å². The summed E-state index contributed by atoms with van der Waals surface area (Å²) < 4.78 is 15.4. The molecule has 0 saturated carbocycles. The van der Waals surface area contributed by atoms with Crippen molar-refractivity contribution in [1.29, 1.82) is 0 Å². The number of carbonyl (C=O) groups excluding carboxylic acids is 1. The van der Waals surface area contributed by atoms with Gasteiger partial charge in [-0.25, -0.2) is 4.79 Å². The third-order valence-electron chi connectivity index (χ3n) is 2.31. The molecule has 0 amide bonds. The predicted molar refractivity (Wildman–Crippen MR) is 68.8 cm³/mol. The van der Waals surface area contributed by atoms with Crippen molar-refractivity contribution < 1.29 is 19.0 Å². The van der Waals surface area contributed by atoms with Gasteiger partial charge in [-0.3, -0.25) is 0 Å². The Kier molecular flexibility index (Phi) is 6.00. The molecule has 1 rings (SSSR count). The predicted octanol–water partition coefficient (Wildman–Crippen LogP) is 1.86. The molecule has 0 aliphatic carbocycles. The third-order valence-corrected chi connectivity index (χ3v) is 2.31. The second-order valence-electron chi connectivity index (χ2n) is 3.65. The Bertz CT molecular complexity index is 393. The van der Waals surface area contributed by atoms with E-state index in [1.807, 2.05) is 6.92 Å². The van der Waals surface area contributed by atoms with Crippen LogP contribution >= 0.6 is 0 Å². The molecule has 0 spiro atoms. The minimum absolute atomic E-state index is 0.378. The molecule has 100 valence electrons. The Morgan fingerprint density at radius 2 is 2.11 bits per heavy atom. The van der Waals surface area contributed by atoms with Crippen LogP contribution in [0.5, 0.6) is 5.75 Å². The maximum absolute atomic E-state index is 11.5. The third kappa shape index (κ3) is 4.25. The summed E-state index contributed by atoms with van der Waals surface area (Å²) in [6, 6.07) is 4.85. The van der Waals surface area contributed by atoms with Crippen LogP contribution in [0.25, 0.3) is 0 Å². The van der Waals surface area contributed by atoms with E-state index >= 15 is 0 Å². The Balaban J connectivity index is 2.62. The van der Waals surface area contributed by atoms with Gasteiger partial charge in [-0.2, -0.15) is 0 Å². The molecule has 5 nitrogen and oxygen atoms in total. The molecule has 0 radical (unpaired) electrons. The lowest BCUT2D eigenvalue weighted by molar-refractivity contribution is 0.0595. The van der Waals surface area contributed by atoms with Gasteiger partial charge in [-0.05, 0) is 19.1 Å². The van der Waals surface area contributed by atoms with Gasteiger partial charge in [0.15, 0.2) is 0 Å². The zero-order valence-electron chi connectivity index (χ0n) is 10.8. The summed E-state index contributed by atoms with van der Waals surface area (Å²) in [5.41, 5.74) is 6.59. The molecule has 1 aromatic carbocycles. The molecule has 0 unspecified atom stereocenters. The van der Waals surface area contributed by atoms with E-state index in [0.717, 1.165) is 6.42 Å². The van der Waals surface area contributed by atoms with Crippen LogP contribution in [-0.4, -0.2) is 32.9 Å². The lowest BCUT2D eigenvalue weighted by Gasteiger charge is -2.11. The maximum Gasteiger partial charge on any atom is 0.341 e. The summed E-state index contributed by atoms with van der Waals surface area (Å²) in [5, 5.41) is 0. The molecule has 0 fully saturated rings. The van der Waals surface area contributed by atoms with Gasteiger partial charge in [0.1, 0.15) is 11.3 Å². The molecular formula is C13H19NO4. The molecule has 0 aliphatic rings.